The first-order chi connectivity index (χ1) is 12.2. The number of aromatic nitrogens is 1. The monoisotopic (exact) mass is 356 g/mol. The summed E-state index contributed by atoms with van der Waals surface area (Å²) in [7, 11) is 2.04. The molecule has 1 aliphatic heterocycles. The van der Waals surface area contributed by atoms with Crippen molar-refractivity contribution >= 4 is 27.5 Å². The number of para-hydroxylation sites is 1. The summed E-state index contributed by atoms with van der Waals surface area (Å²) >= 11 is 1.56. The van der Waals surface area contributed by atoms with Crippen LogP contribution in [0.2, 0.25) is 0 Å². The lowest BCUT2D eigenvalue weighted by Crippen LogP contribution is -2.56. The second kappa shape index (κ2) is 6.59. The summed E-state index contributed by atoms with van der Waals surface area (Å²) in [6.45, 7) is 2.73. The third-order valence-corrected chi connectivity index (χ3v) is 5.59. The van der Waals surface area contributed by atoms with Crippen LogP contribution in [0.25, 0.3) is 21.0 Å². The molecule has 0 saturated carbocycles. The fraction of sp³-hybridized carbons (Fsp3) is 0.333. The van der Waals surface area contributed by atoms with Crippen LogP contribution < -0.4 is 5.73 Å². The van der Waals surface area contributed by atoms with Gasteiger partial charge < -0.3 is 20.0 Å². The molecule has 130 valence electrons. The van der Waals surface area contributed by atoms with Gasteiger partial charge in [-0.2, -0.15) is 0 Å². The van der Waals surface area contributed by atoms with Crippen LogP contribution in [0.15, 0.2) is 40.8 Å². The molecule has 3 heterocycles. The summed E-state index contributed by atoms with van der Waals surface area (Å²) < 4.78 is 6.94. The molecule has 6 nitrogen and oxygen atoms in total. The highest BCUT2D eigenvalue weighted by atomic mass is 32.1. The fourth-order valence-corrected chi connectivity index (χ4v) is 4.09. The number of likely N-dealkylation sites (N-methyl/N-ethyl adjacent to an activating group) is 1. The Balaban J connectivity index is 1.59. The topological polar surface area (TPSA) is 75.6 Å². The minimum absolute atomic E-state index is 0.0160. The van der Waals surface area contributed by atoms with Crippen LogP contribution in [-0.4, -0.2) is 60.0 Å². The van der Waals surface area contributed by atoms with Crippen LogP contribution in [0.1, 0.15) is 10.6 Å². The maximum Gasteiger partial charge on any atom is 0.289 e. The molecule has 4 rings (SSSR count). The average molecular weight is 356 g/mol. The number of furan rings is 1. The van der Waals surface area contributed by atoms with Gasteiger partial charge in [0.15, 0.2) is 16.5 Å². The van der Waals surface area contributed by atoms with Gasteiger partial charge in [-0.3, -0.25) is 4.79 Å². The van der Waals surface area contributed by atoms with Gasteiger partial charge >= 0.3 is 0 Å². The van der Waals surface area contributed by atoms with Gasteiger partial charge in [0, 0.05) is 26.2 Å². The first-order valence-electron chi connectivity index (χ1n) is 8.31. The van der Waals surface area contributed by atoms with E-state index < -0.39 is 0 Å². The Labute approximate surface area is 149 Å². The molecule has 1 amide bonds. The summed E-state index contributed by atoms with van der Waals surface area (Å²) in [5.41, 5.74) is 6.79. The van der Waals surface area contributed by atoms with Gasteiger partial charge in [0.25, 0.3) is 5.91 Å². The molecular formula is C18H20N4O2S. The summed E-state index contributed by atoms with van der Waals surface area (Å²) in [6, 6.07) is 11.5. The smallest absolute Gasteiger partial charge is 0.289 e. The fourth-order valence-electron chi connectivity index (χ4n) is 3.17. The van der Waals surface area contributed by atoms with E-state index in [0.29, 0.717) is 24.6 Å². The normalized spacial score (nSPS) is 18.8. The number of rotatable bonds is 3. The second-order valence-electron chi connectivity index (χ2n) is 6.30. The Bertz CT molecular complexity index is 870. The average Bonchev–Trinajstić information content (AvgIpc) is 3.27. The third kappa shape index (κ3) is 3.06. The Hall–Kier alpha value is -2.22. The molecule has 0 aliphatic carbocycles. The number of hydrogen-bond donors (Lipinski definition) is 1. The summed E-state index contributed by atoms with van der Waals surface area (Å²) in [5, 5.41) is 0.786. The van der Waals surface area contributed by atoms with Crippen molar-refractivity contribution in [2.45, 2.75) is 6.04 Å². The highest BCUT2D eigenvalue weighted by molar-refractivity contribution is 7.21. The minimum atomic E-state index is -0.101. The lowest BCUT2D eigenvalue weighted by atomic mass is 10.1. The predicted octanol–water partition coefficient (Wildman–Crippen LogP) is 2.27. The van der Waals surface area contributed by atoms with Gasteiger partial charge in [0.1, 0.15) is 0 Å². The molecule has 7 heteroatoms. The highest BCUT2D eigenvalue weighted by Crippen LogP contribution is 2.31. The van der Waals surface area contributed by atoms with E-state index in [9.17, 15) is 4.79 Å². The lowest BCUT2D eigenvalue weighted by molar-refractivity contribution is 0.0486. The second-order valence-corrected chi connectivity index (χ2v) is 7.33. The molecule has 1 fully saturated rings. The van der Waals surface area contributed by atoms with Crippen LogP contribution in [0.3, 0.4) is 0 Å². The third-order valence-electron chi connectivity index (χ3n) is 4.54. The zero-order chi connectivity index (χ0) is 17.4. The number of piperazine rings is 1. The van der Waals surface area contributed by atoms with Crippen LogP contribution in [0.5, 0.6) is 0 Å². The zero-order valence-electron chi connectivity index (χ0n) is 14.0. The predicted molar refractivity (Wildman–Crippen MR) is 98.7 cm³/mol. The van der Waals surface area contributed by atoms with Crippen molar-refractivity contribution in [2.75, 3.05) is 33.2 Å². The van der Waals surface area contributed by atoms with Gasteiger partial charge in [0.2, 0.25) is 0 Å². The van der Waals surface area contributed by atoms with Crippen molar-refractivity contribution in [2.24, 2.45) is 5.73 Å². The van der Waals surface area contributed by atoms with Crippen LogP contribution in [-0.2, 0) is 0 Å². The Morgan fingerprint density at radius 3 is 2.96 bits per heavy atom. The van der Waals surface area contributed by atoms with Crippen molar-refractivity contribution in [3.05, 3.63) is 42.2 Å². The van der Waals surface area contributed by atoms with E-state index in [0.717, 1.165) is 28.3 Å². The number of nitrogens with zero attached hydrogens (tertiary/aromatic N) is 3. The first kappa shape index (κ1) is 16.3. The van der Waals surface area contributed by atoms with Gasteiger partial charge in [-0.25, -0.2) is 4.98 Å². The Kier molecular flexibility index (Phi) is 4.29. The molecule has 1 aromatic carbocycles. The van der Waals surface area contributed by atoms with Gasteiger partial charge in [0.05, 0.1) is 16.3 Å². The molecule has 0 radical (unpaired) electrons. The molecule has 1 unspecified atom stereocenters. The number of fused-ring (bicyclic) bond motifs is 1. The van der Waals surface area contributed by atoms with Crippen molar-refractivity contribution in [1.82, 2.24) is 14.8 Å². The van der Waals surface area contributed by atoms with E-state index in [1.807, 2.05) is 42.3 Å². The standard InChI is InChI=1S/C18H20N4O2S/c1-21-8-9-22(12(10-19)11-21)18(23)15-7-6-14(24-15)17-20-13-4-2-3-5-16(13)25-17/h2-7,12H,8-11,19H2,1H3. The number of thiazole rings is 1. The van der Waals surface area contributed by atoms with E-state index >= 15 is 0 Å². The molecule has 3 aromatic rings. The van der Waals surface area contributed by atoms with Crippen LogP contribution >= 0.6 is 11.3 Å². The van der Waals surface area contributed by atoms with Gasteiger partial charge in [-0.05, 0) is 31.3 Å². The number of carbonyl (C=O) groups excluding carboxylic acids is 1. The SMILES string of the molecule is CN1CCN(C(=O)c2ccc(-c3nc4ccccc4s3)o2)C(CN)C1. The molecule has 0 bridgehead atoms. The lowest BCUT2D eigenvalue weighted by Gasteiger charge is -2.39. The van der Waals surface area contributed by atoms with Gasteiger partial charge in [-0.1, -0.05) is 12.1 Å². The molecule has 1 aliphatic rings. The molecule has 1 atom stereocenters. The number of hydrogen-bond acceptors (Lipinski definition) is 6. The van der Waals surface area contributed by atoms with E-state index in [-0.39, 0.29) is 11.9 Å². The van der Waals surface area contributed by atoms with Gasteiger partial charge in [-0.15, -0.1) is 11.3 Å². The number of benzene rings is 1. The Morgan fingerprint density at radius 2 is 2.16 bits per heavy atom. The van der Waals surface area contributed by atoms with Crippen LogP contribution in [0.4, 0.5) is 0 Å². The minimum Gasteiger partial charge on any atom is -0.448 e. The maximum absolute atomic E-state index is 12.8. The van der Waals surface area contributed by atoms with E-state index in [1.165, 1.54) is 0 Å². The summed E-state index contributed by atoms with van der Waals surface area (Å²) in [4.78, 5) is 21.4. The van der Waals surface area contributed by atoms with E-state index in [2.05, 4.69) is 9.88 Å². The van der Waals surface area contributed by atoms with Crippen molar-refractivity contribution in [3.8, 4) is 10.8 Å². The molecule has 25 heavy (non-hydrogen) atoms. The molecular weight excluding hydrogens is 336 g/mol. The quantitative estimate of drug-likeness (QED) is 0.779. The first-order valence-corrected chi connectivity index (χ1v) is 9.12. The molecule has 0 spiro atoms. The molecule has 1 saturated heterocycles. The number of carbonyl (C=O) groups is 1. The largest absolute Gasteiger partial charge is 0.448 e. The number of nitrogens with two attached hydrogens (primary N) is 1. The molecule has 2 N–H and O–H groups in total. The highest BCUT2D eigenvalue weighted by Gasteiger charge is 2.30. The van der Waals surface area contributed by atoms with Crippen molar-refractivity contribution in [3.63, 3.8) is 0 Å². The zero-order valence-corrected chi connectivity index (χ0v) is 14.8. The van der Waals surface area contributed by atoms with E-state index in [4.69, 9.17) is 10.2 Å². The Morgan fingerprint density at radius 1 is 1.32 bits per heavy atom. The van der Waals surface area contributed by atoms with Crippen molar-refractivity contribution < 1.29 is 9.21 Å². The number of amides is 1. The molecule has 2 aromatic heterocycles. The summed E-state index contributed by atoms with van der Waals surface area (Å²) in [6.07, 6.45) is 0. The van der Waals surface area contributed by atoms with Crippen molar-refractivity contribution in [1.29, 1.82) is 0 Å². The summed E-state index contributed by atoms with van der Waals surface area (Å²) in [5.74, 6) is 0.871. The van der Waals surface area contributed by atoms with E-state index in [1.54, 1.807) is 17.4 Å². The van der Waals surface area contributed by atoms with Crippen LogP contribution in [0, 0.1) is 0 Å². The maximum atomic E-state index is 12.8.